The standard InChI is InChI=1S/C26H22N4O/c1-17-12-13-21-20-10-6-7-11-22(20)31-24(21)23(17)29-16-18(2)30(19-8-4-3-5-9-19)26-25(29)27-14-15-28-26/h3-15,18H,16H2,1-2H3/t18-/m0/s1. The van der Waals surface area contributed by atoms with Gasteiger partial charge in [-0.2, -0.15) is 0 Å². The highest BCUT2D eigenvalue weighted by Gasteiger charge is 2.34. The number of benzene rings is 3. The summed E-state index contributed by atoms with van der Waals surface area (Å²) >= 11 is 0. The molecule has 1 aliphatic heterocycles. The van der Waals surface area contributed by atoms with Gasteiger partial charge in [-0.3, -0.25) is 0 Å². The highest BCUT2D eigenvalue weighted by Crippen LogP contribution is 2.45. The van der Waals surface area contributed by atoms with E-state index in [0.717, 1.165) is 57.1 Å². The summed E-state index contributed by atoms with van der Waals surface area (Å²) in [7, 11) is 0. The van der Waals surface area contributed by atoms with Crippen molar-refractivity contribution in [3.63, 3.8) is 0 Å². The molecule has 0 aliphatic carbocycles. The Morgan fingerprint density at radius 2 is 1.58 bits per heavy atom. The number of aromatic nitrogens is 2. The number of furan rings is 1. The lowest BCUT2D eigenvalue weighted by Crippen LogP contribution is -2.44. The number of nitrogens with zero attached hydrogens (tertiary/aromatic N) is 4. The quantitative estimate of drug-likeness (QED) is 0.341. The van der Waals surface area contributed by atoms with Gasteiger partial charge in [-0.25, -0.2) is 9.97 Å². The molecular formula is C26H22N4O. The molecule has 3 heterocycles. The van der Waals surface area contributed by atoms with Crippen LogP contribution in [0.2, 0.25) is 0 Å². The van der Waals surface area contributed by atoms with Crippen molar-refractivity contribution in [2.45, 2.75) is 19.9 Å². The van der Waals surface area contributed by atoms with Gasteiger partial charge in [0, 0.05) is 35.4 Å². The summed E-state index contributed by atoms with van der Waals surface area (Å²) in [6.07, 6.45) is 3.53. The number of aryl methyl sites for hydroxylation is 1. The fourth-order valence-corrected chi connectivity index (χ4v) is 4.70. The van der Waals surface area contributed by atoms with Gasteiger partial charge in [0.2, 0.25) is 0 Å². The Kier molecular flexibility index (Phi) is 3.96. The molecule has 31 heavy (non-hydrogen) atoms. The first-order chi connectivity index (χ1) is 15.2. The van der Waals surface area contributed by atoms with E-state index in [9.17, 15) is 0 Å². The van der Waals surface area contributed by atoms with E-state index < -0.39 is 0 Å². The summed E-state index contributed by atoms with van der Waals surface area (Å²) in [5, 5.41) is 2.26. The molecule has 1 atom stereocenters. The Morgan fingerprint density at radius 3 is 2.42 bits per heavy atom. The van der Waals surface area contributed by atoms with Gasteiger partial charge in [-0.1, -0.05) is 48.5 Å². The highest BCUT2D eigenvalue weighted by molar-refractivity contribution is 6.10. The maximum Gasteiger partial charge on any atom is 0.177 e. The zero-order chi connectivity index (χ0) is 20.9. The van der Waals surface area contributed by atoms with Gasteiger partial charge in [0.1, 0.15) is 5.58 Å². The van der Waals surface area contributed by atoms with E-state index in [2.05, 4.69) is 72.2 Å². The van der Waals surface area contributed by atoms with Crippen LogP contribution in [0.3, 0.4) is 0 Å². The number of rotatable bonds is 2. The van der Waals surface area contributed by atoms with Crippen molar-refractivity contribution in [3.8, 4) is 0 Å². The topological polar surface area (TPSA) is 45.4 Å². The van der Waals surface area contributed by atoms with Gasteiger partial charge in [0.25, 0.3) is 0 Å². The Morgan fingerprint density at radius 1 is 0.839 bits per heavy atom. The molecule has 152 valence electrons. The first kappa shape index (κ1) is 18.0. The summed E-state index contributed by atoms with van der Waals surface area (Å²) in [5.41, 5.74) is 5.14. The summed E-state index contributed by atoms with van der Waals surface area (Å²) in [6, 6.07) is 23.1. The predicted octanol–water partition coefficient (Wildman–Crippen LogP) is 6.36. The number of hydrogen-bond donors (Lipinski definition) is 0. The first-order valence-corrected chi connectivity index (χ1v) is 10.6. The molecule has 5 heteroatoms. The smallest absolute Gasteiger partial charge is 0.177 e. The average Bonchev–Trinajstić information content (AvgIpc) is 3.18. The normalized spacial score (nSPS) is 16.1. The molecule has 1 aliphatic rings. The molecule has 5 nitrogen and oxygen atoms in total. The van der Waals surface area contributed by atoms with Gasteiger partial charge >= 0.3 is 0 Å². The van der Waals surface area contributed by atoms with Crippen molar-refractivity contribution in [2.75, 3.05) is 16.3 Å². The van der Waals surface area contributed by atoms with Crippen molar-refractivity contribution in [1.29, 1.82) is 0 Å². The van der Waals surface area contributed by atoms with E-state index >= 15 is 0 Å². The largest absolute Gasteiger partial charge is 0.454 e. The van der Waals surface area contributed by atoms with E-state index in [1.165, 1.54) is 0 Å². The molecule has 6 rings (SSSR count). The van der Waals surface area contributed by atoms with Crippen LogP contribution >= 0.6 is 0 Å². The number of fused-ring (bicyclic) bond motifs is 4. The Balaban J connectivity index is 1.59. The molecule has 0 spiro atoms. The van der Waals surface area contributed by atoms with Gasteiger partial charge in [0.05, 0.1) is 11.7 Å². The molecule has 0 saturated heterocycles. The fourth-order valence-electron chi connectivity index (χ4n) is 4.70. The van der Waals surface area contributed by atoms with Crippen LogP contribution in [-0.2, 0) is 0 Å². The molecule has 0 saturated carbocycles. The van der Waals surface area contributed by atoms with Gasteiger partial charge < -0.3 is 14.2 Å². The maximum atomic E-state index is 6.38. The van der Waals surface area contributed by atoms with Crippen LogP contribution in [0.4, 0.5) is 23.0 Å². The van der Waals surface area contributed by atoms with Crippen LogP contribution in [0.1, 0.15) is 12.5 Å². The third-order valence-electron chi connectivity index (χ3n) is 6.06. The van der Waals surface area contributed by atoms with Crippen molar-refractivity contribution in [2.24, 2.45) is 0 Å². The minimum absolute atomic E-state index is 0.200. The van der Waals surface area contributed by atoms with Gasteiger partial charge in [0.15, 0.2) is 17.2 Å². The maximum absolute atomic E-state index is 6.38. The van der Waals surface area contributed by atoms with E-state index in [4.69, 9.17) is 14.4 Å². The molecule has 0 unspecified atom stereocenters. The molecule has 0 radical (unpaired) electrons. The molecule has 0 fully saturated rings. The van der Waals surface area contributed by atoms with Crippen LogP contribution in [-0.4, -0.2) is 22.6 Å². The van der Waals surface area contributed by atoms with Gasteiger partial charge in [-0.05, 0) is 37.6 Å². The van der Waals surface area contributed by atoms with Crippen LogP contribution in [0.15, 0.2) is 83.5 Å². The third-order valence-corrected chi connectivity index (χ3v) is 6.06. The van der Waals surface area contributed by atoms with E-state index in [1.807, 2.05) is 18.2 Å². The summed E-state index contributed by atoms with van der Waals surface area (Å²) in [4.78, 5) is 14.1. The van der Waals surface area contributed by atoms with E-state index in [0.29, 0.717) is 0 Å². The molecular weight excluding hydrogens is 384 g/mol. The number of para-hydroxylation sites is 2. The van der Waals surface area contributed by atoms with Crippen LogP contribution in [0, 0.1) is 6.92 Å². The lowest BCUT2D eigenvalue weighted by atomic mass is 10.1. The predicted molar refractivity (Wildman–Crippen MR) is 126 cm³/mol. The Bertz CT molecular complexity index is 1410. The van der Waals surface area contributed by atoms with Crippen LogP contribution in [0.25, 0.3) is 21.9 Å². The zero-order valence-electron chi connectivity index (χ0n) is 17.5. The zero-order valence-corrected chi connectivity index (χ0v) is 17.5. The summed E-state index contributed by atoms with van der Waals surface area (Å²) < 4.78 is 6.38. The molecule has 2 aromatic heterocycles. The monoisotopic (exact) mass is 406 g/mol. The third kappa shape index (κ3) is 2.70. The van der Waals surface area contributed by atoms with E-state index in [-0.39, 0.29) is 6.04 Å². The first-order valence-electron chi connectivity index (χ1n) is 10.6. The van der Waals surface area contributed by atoms with Gasteiger partial charge in [-0.15, -0.1) is 0 Å². The summed E-state index contributed by atoms with van der Waals surface area (Å²) in [5.74, 6) is 1.71. The molecule has 3 aromatic carbocycles. The number of anilines is 4. The second-order valence-corrected chi connectivity index (χ2v) is 8.07. The SMILES string of the molecule is Cc1ccc2c(oc3ccccc32)c1N1C[C@H](C)N(c2ccccc2)c2nccnc21. The minimum Gasteiger partial charge on any atom is -0.454 e. The average molecular weight is 406 g/mol. The number of hydrogen-bond acceptors (Lipinski definition) is 5. The Labute approximate surface area is 180 Å². The van der Waals surface area contributed by atoms with Crippen molar-refractivity contribution >= 4 is 44.9 Å². The van der Waals surface area contributed by atoms with Crippen LogP contribution in [0.5, 0.6) is 0 Å². The molecule has 0 amide bonds. The van der Waals surface area contributed by atoms with E-state index in [1.54, 1.807) is 12.4 Å². The molecule has 0 N–H and O–H groups in total. The lowest BCUT2D eigenvalue weighted by molar-refractivity contribution is 0.649. The second kappa shape index (κ2) is 6.84. The summed E-state index contributed by atoms with van der Waals surface area (Å²) in [6.45, 7) is 5.13. The highest BCUT2D eigenvalue weighted by atomic mass is 16.3. The minimum atomic E-state index is 0.200. The van der Waals surface area contributed by atoms with Crippen molar-refractivity contribution < 1.29 is 4.42 Å². The fraction of sp³-hybridized carbons (Fsp3) is 0.154. The Hall–Kier alpha value is -3.86. The van der Waals surface area contributed by atoms with Crippen molar-refractivity contribution in [3.05, 3.63) is 84.7 Å². The molecule has 5 aromatic rings. The van der Waals surface area contributed by atoms with Crippen molar-refractivity contribution in [1.82, 2.24) is 9.97 Å². The molecule has 0 bridgehead atoms. The second-order valence-electron chi connectivity index (χ2n) is 8.07. The van der Waals surface area contributed by atoms with Crippen LogP contribution < -0.4 is 9.80 Å². The lowest BCUT2D eigenvalue weighted by Gasteiger charge is -2.41.